The summed E-state index contributed by atoms with van der Waals surface area (Å²) in [5.41, 5.74) is 5.69. The van der Waals surface area contributed by atoms with Gasteiger partial charge in [-0.1, -0.05) is 42.0 Å². The van der Waals surface area contributed by atoms with Crippen LogP contribution in [0, 0.1) is 12.0 Å². The molecule has 5 rings (SSSR count). The maximum atomic E-state index is 3.49. The minimum absolute atomic E-state index is 0. The number of hydrogen-bond acceptors (Lipinski definition) is 0. The molecule has 0 bridgehead atoms. The van der Waals surface area contributed by atoms with Crippen molar-refractivity contribution in [2.45, 2.75) is 18.8 Å². The van der Waals surface area contributed by atoms with E-state index < -0.39 is 0 Å². The molecule has 0 fully saturated rings. The summed E-state index contributed by atoms with van der Waals surface area (Å²) in [6, 6.07) is 28.7. The zero-order chi connectivity index (χ0) is 15.5. The van der Waals surface area contributed by atoms with Gasteiger partial charge in [0.25, 0.3) is 0 Å². The summed E-state index contributed by atoms with van der Waals surface area (Å²) in [4.78, 5) is 0. The van der Waals surface area contributed by atoms with E-state index in [2.05, 4.69) is 60.7 Å². The van der Waals surface area contributed by atoms with Gasteiger partial charge in [-0.2, -0.15) is 42.5 Å². The quantitative estimate of drug-likeness (QED) is 0.229. The molecule has 3 aromatic rings. The third-order valence-corrected chi connectivity index (χ3v) is 4.82. The van der Waals surface area contributed by atoms with Crippen molar-refractivity contribution in [3.05, 3.63) is 102 Å². The van der Waals surface area contributed by atoms with Gasteiger partial charge in [0.05, 0.1) is 0 Å². The van der Waals surface area contributed by atoms with Crippen molar-refractivity contribution in [3.8, 4) is 11.1 Å². The molecule has 0 amide bonds. The van der Waals surface area contributed by atoms with E-state index in [1.807, 2.05) is 30.3 Å². The smallest absolute Gasteiger partial charge is 1.00 e. The van der Waals surface area contributed by atoms with E-state index >= 15 is 0 Å². The molecule has 2 aliphatic rings. The van der Waals surface area contributed by atoms with Gasteiger partial charge in [-0.05, 0) is 30.2 Å². The predicted molar refractivity (Wildman–Crippen MR) is 96.5 cm³/mol. The van der Waals surface area contributed by atoms with Gasteiger partial charge in [-0.25, -0.2) is 12.1 Å². The summed E-state index contributed by atoms with van der Waals surface area (Å²) in [5.74, 6) is 1.18. The second-order valence-corrected chi connectivity index (χ2v) is 6.19. The molecule has 2 unspecified atom stereocenters. The van der Waals surface area contributed by atoms with Gasteiger partial charge in [-0.3, -0.25) is 0 Å². The Morgan fingerprint density at radius 3 is 2.27 bits per heavy atom. The van der Waals surface area contributed by atoms with Crippen LogP contribution in [-0.4, -0.2) is 0 Å². The van der Waals surface area contributed by atoms with E-state index in [-0.39, 0.29) is 50.7 Å². The predicted octanol–water partition coefficient (Wildman–Crippen LogP) is -0.0237. The van der Waals surface area contributed by atoms with Crippen LogP contribution in [0.3, 0.4) is 0 Å². The SMILES string of the molecule is [Cl-].[Cl-].[Hf+4].[c-]1cccc2c1C(C1C=CCC1)c1ccccc1-2.c1cc[cH-]c1. The maximum Gasteiger partial charge on any atom is 4.00 e. The number of hydrogen-bond donors (Lipinski definition) is 0. The summed E-state index contributed by atoms with van der Waals surface area (Å²) in [7, 11) is 0. The molecule has 3 heteroatoms. The molecular formula is C23H20Cl2Hf. The first-order chi connectivity index (χ1) is 11.4. The Bertz CT molecular complexity index is 746. The molecule has 0 aliphatic heterocycles. The Labute approximate surface area is 187 Å². The zero-order valence-electron chi connectivity index (χ0n) is 14.4. The summed E-state index contributed by atoms with van der Waals surface area (Å²) in [6.45, 7) is 0. The van der Waals surface area contributed by atoms with Crippen LogP contribution in [0.2, 0.25) is 0 Å². The molecule has 130 valence electrons. The topological polar surface area (TPSA) is 0 Å². The second kappa shape index (κ2) is 11.0. The summed E-state index contributed by atoms with van der Waals surface area (Å²) < 4.78 is 0. The second-order valence-electron chi connectivity index (χ2n) is 6.19. The van der Waals surface area contributed by atoms with Crippen LogP contribution in [0.15, 0.2) is 84.9 Å². The zero-order valence-corrected chi connectivity index (χ0v) is 19.5. The number of benzene rings is 2. The molecule has 3 aromatic carbocycles. The Balaban J connectivity index is 0.000000372. The van der Waals surface area contributed by atoms with E-state index in [1.165, 1.54) is 35.1 Å². The van der Waals surface area contributed by atoms with Crippen molar-refractivity contribution in [2.24, 2.45) is 5.92 Å². The monoisotopic (exact) mass is 546 g/mol. The average molecular weight is 546 g/mol. The molecular weight excluding hydrogens is 526 g/mol. The van der Waals surface area contributed by atoms with Crippen LogP contribution in [-0.2, 0) is 25.8 Å². The maximum absolute atomic E-state index is 3.49. The van der Waals surface area contributed by atoms with E-state index in [0.717, 1.165) is 0 Å². The van der Waals surface area contributed by atoms with Gasteiger partial charge >= 0.3 is 25.8 Å². The Kier molecular flexibility index (Phi) is 9.71. The Morgan fingerprint density at radius 1 is 0.885 bits per heavy atom. The molecule has 0 radical (unpaired) electrons. The first-order valence-electron chi connectivity index (χ1n) is 8.38. The van der Waals surface area contributed by atoms with Crippen molar-refractivity contribution in [3.63, 3.8) is 0 Å². The summed E-state index contributed by atoms with van der Waals surface area (Å²) in [6.07, 6.45) is 7.23. The Hall–Kier alpha value is -1.02. The number of allylic oxidation sites excluding steroid dienone is 2. The third-order valence-electron chi connectivity index (χ3n) is 4.82. The first-order valence-corrected chi connectivity index (χ1v) is 8.38. The molecule has 0 aromatic heterocycles. The van der Waals surface area contributed by atoms with Gasteiger partial charge in [0, 0.05) is 0 Å². The minimum atomic E-state index is 0. The van der Waals surface area contributed by atoms with Crippen LogP contribution in [0.5, 0.6) is 0 Å². The summed E-state index contributed by atoms with van der Waals surface area (Å²) >= 11 is 0. The normalized spacial score (nSPS) is 18.2. The molecule has 26 heavy (non-hydrogen) atoms. The Morgan fingerprint density at radius 2 is 1.62 bits per heavy atom. The van der Waals surface area contributed by atoms with Crippen molar-refractivity contribution in [1.82, 2.24) is 0 Å². The van der Waals surface area contributed by atoms with E-state index in [1.54, 1.807) is 0 Å². The standard InChI is InChI=1S/C18H15.C5H5.2ClH.Hf/c1-2-8-13(7-1)18-16-11-5-3-9-14(16)15-10-4-6-12-17(15)18;1-2-4-5-3-1;;;/h1,3-7,9-11,13,18H,2,8H2;1-5H;2*1H;/q2*-1;;;+4/p-2. The molecule has 0 nitrogen and oxygen atoms in total. The molecule has 0 heterocycles. The molecule has 0 N–H and O–H groups in total. The van der Waals surface area contributed by atoms with Gasteiger partial charge in [0.2, 0.25) is 0 Å². The van der Waals surface area contributed by atoms with Crippen LogP contribution in [0.1, 0.15) is 29.9 Å². The number of fused-ring (bicyclic) bond motifs is 3. The molecule has 0 saturated carbocycles. The fourth-order valence-electron chi connectivity index (χ4n) is 3.81. The fourth-order valence-corrected chi connectivity index (χ4v) is 3.81. The van der Waals surface area contributed by atoms with Gasteiger partial charge in [-0.15, -0.1) is 11.1 Å². The van der Waals surface area contributed by atoms with Crippen LogP contribution in [0.4, 0.5) is 0 Å². The van der Waals surface area contributed by atoms with Gasteiger partial charge in [0.1, 0.15) is 0 Å². The van der Waals surface area contributed by atoms with Crippen LogP contribution >= 0.6 is 0 Å². The van der Waals surface area contributed by atoms with Crippen LogP contribution in [0.25, 0.3) is 11.1 Å². The fraction of sp³-hybridized carbons (Fsp3) is 0.174. The van der Waals surface area contributed by atoms with Crippen molar-refractivity contribution in [1.29, 1.82) is 0 Å². The average Bonchev–Trinajstić information content (AvgIpc) is 3.35. The molecule has 0 spiro atoms. The summed E-state index contributed by atoms with van der Waals surface area (Å²) in [5, 5.41) is 0. The number of rotatable bonds is 1. The van der Waals surface area contributed by atoms with Crippen molar-refractivity contribution in [2.75, 3.05) is 0 Å². The molecule has 2 aliphatic carbocycles. The van der Waals surface area contributed by atoms with Gasteiger partial charge < -0.3 is 24.8 Å². The number of halogens is 2. The minimum Gasteiger partial charge on any atom is -1.00 e. The van der Waals surface area contributed by atoms with Crippen molar-refractivity contribution >= 4 is 0 Å². The molecule has 0 saturated heterocycles. The third kappa shape index (κ3) is 4.63. The van der Waals surface area contributed by atoms with Crippen molar-refractivity contribution < 1.29 is 50.7 Å². The van der Waals surface area contributed by atoms with Gasteiger partial charge in [0.15, 0.2) is 0 Å². The largest absolute Gasteiger partial charge is 4.00 e. The van der Waals surface area contributed by atoms with E-state index in [9.17, 15) is 0 Å². The van der Waals surface area contributed by atoms with E-state index in [0.29, 0.717) is 11.8 Å². The first kappa shape index (κ1) is 23.0. The van der Waals surface area contributed by atoms with Crippen LogP contribution < -0.4 is 24.8 Å². The van der Waals surface area contributed by atoms with E-state index in [4.69, 9.17) is 0 Å². The molecule has 2 atom stereocenters.